The highest BCUT2D eigenvalue weighted by Gasteiger charge is 2.19. The molecular weight excluding hydrogens is 194 g/mol. The second-order valence-corrected chi connectivity index (χ2v) is 2.88. The van der Waals surface area contributed by atoms with Gasteiger partial charge >= 0.3 is 11.8 Å². The van der Waals surface area contributed by atoms with E-state index in [-0.39, 0.29) is 6.54 Å². The van der Waals surface area contributed by atoms with Crippen LogP contribution in [0.3, 0.4) is 0 Å². The van der Waals surface area contributed by atoms with Gasteiger partial charge in [0.25, 0.3) is 0 Å². The molecule has 0 saturated heterocycles. The highest BCUT2D eigenvalue weighted by atomic mass is 16.2. The Morgan fingerprint density at radius 3 is 2.73 bits per heavy atom. The van der Waals surface area contributed by atoms with Crippen molar-refractivity contribution in [2.45, 2.75) is 13.3 Å². The van der Waals surface area contributed by atoms with Crippen molar-refractivity contribution in [1.29, 1.82) is 5.26 Å². The molecule has 0 bridgehead atoms. The molecule has 82 valence electrons. The first-order valence-corrected chi connectivity index (χ1v) is 4.72. The number of carbonyl (C=O) groups is 2. The second kappa shape index (κ2) is 7.56. The molecule has 2 amide bonds. The van der Waals surface area contributed by atoms with E-state index in [0.29, 0.717) is 13.1 Å². The van der Waals surface area contributed by atoms with Crippen molar-refractivity contribution in [3.05, 3.63) is 12.7 Å². The molecule has 0 aromatic rings. The largest absolute Gasteiger partial charge is 0.335 e. The van der Waals surface area contributed by atoms with Gasteiger partial charge in [-0.25, -0.2) is 0 Å². The van der Waals surface area contributed by atoms with E-state index in [2.05, 4.69) is 11.9 Å². The fraction of sp³-hybridized carbons (Fsp3) is 0.500. The van der Waals surface area contributed by atoms with Crippen LogP contribution in [-0.2, 0) is 9.59 Å². The summed E-state index contributed by atoms with van der Waals surface area (Å²) in [4.78, 5) is 24.1. The van der Waals surface area contributed by atoms with Crippen LogP contribution in [0.25, 0.3) is 0 Å². The average Bonchev–Trinajstić information content (AvgIpc) is 2.24. The molecule has 0 saturated carbocycles. The van der Waals surface area contributed by atoms with Crippen molar-refractivity contribution >= 4 is 11.8 Å². The molecule has 1 N–H and O–H groups in total. The minimum Gasteiger partial charge on any atom is -0.335 e. The lowest BCUT2D eigenvalue weighted by Gasteiger charge is -2.18. The van der Waals surface area contributed by atoms with Gasteiger partial charge in [-0.1, -0.05) is 13.0 Å². The van der Waals surface area contributed by atoms with Crippen molar-refractivity contribution in [3.8, 4) is 6.07 Å². The number of hydrogen-bond donors (Lipinski definition) is 1. The predicted molar refractivity (Wildman–Crippen MR) is 55.7 cm³/mol. The van der Waals surface area contributed by atoms with E-state index in [9.17, 15) is 9.59 Å². The molecule has 0 aromatic heterocycles. The molecule has 0 aromatic carbocycles. The summed E-state index contributed by atoms with van der Waals surface area (Å²) in [6, 6.07) is 1.73. The lowest BCUT2D eigenvalue weighted by atomic mass is 10.3. The van der Waals surface area contributed by atoms with Gasteiger partial charge in [0.1, 0.15) is 6.54 Å². The topological polar surface area (TPSA) is 73.2 Å². The molecule has 0 aliphatic carbocycles. The summed E-state index contributed by atoms with van der Waals surface area (Å²) in [7, 11) is 0. The molecule has 0 atom stereocenters. The lowest BCUT2D eigenvalue weighted by molar-refractivity contribution is -0.145. The SMILES string of the molecule is C=CCN(CCC)C(=O)C(=O)NCC#N. The Bertz CT molecular complexity index is 281. The number of nitriles is 1. The van der Waals surface area contributed by atoms with Crippen LogP contribution in [0.15, 0.2) is 12.7 Å². The summed E-state index contributed by atoms with van der Waals surface area (Å²) in [5.74, 6) is -1.36. The van der Waals surface area contributed by atoms with Crippen molar-refractivity contribution in [2.75, 3.05) is 19.6 Å². The van der Waals surface area contributed by atoms with E-state index in [4.69, 9.17) is 5.26 Å². The van der Waals surface area contributed by atoms with Crippen LogP contribution in [0.1, 0.15) is 13.3 Å². The van der Waals surface area contributed by atoms with Crippen LogP contribution in [0.5, 0.6) is 0 Å². The summed E-state index contributed by atoms with van der Waals surface area (Å²) >= 11 is 0. The normalized spacial score (nSPS) is 8.80. The zero-order chi connectivity index (χ0) is 11.7. The van der Waals surface area contributed by atoms with Crippen LogP contribution in [-0.4, -0.2) is 36.3 Å². The number of hydrogen-bond acceptors (Lipinski definition) is 3. The second-order valence-electron chi connectivity index (χ2n) is 2.88. The van der Waals surface area contributed by atoms with Crippen molar-refractivity contribution in [1.82, 2.24) is 10.2 Å². The quantitative estimate of drug-likeness (QED) is 0.395. The number of amides is 2. The summed E-state index contributed by atoms with van der Waals surface area (Å²) < 4.78 is 0. The highest BCUT2D eigenvalue weighted by Crippen LogP contribution is 1.93. The zero-order valence-corrected chi connectivity index (χ0v) is 8.82. The molecule has 0 unspecified atom stereocenters. The molecule has 5 heteroatoms. The third kappa shape index (κ3) is 4.81. The van der Waals surface area contributed by atoms with E-state index in [1.165, 1.54) is 4.90 Å². The third-order valence-electron chi connectivity index (χ3n) is 1.65. The highest BCUT2D eigenvalue weighted by molar-refractivity contribution is 6.35. The smallest absolute Gasteiger partial charge is 0.312 e. The molecule has 5 nitrogen and oxygen atoms in total. The van der Waals surface area contributed by atoms with Crippen LogP contribution in [0.4, 0.5) is 0 Å². The van der Waals surface area contributed by atoms with Crippen molar-refractivity contribution in [2.24, 2.45) is 0 Å². The van der Waals surface area contributed by atoms with Gasteiger partial charge in [-0.3, -0.25) is 9.59 Å². The van der Waals surface area contributed by atoms with Gasteiger partial charge in [-0.15, -0.1) is 6.58 Å². The first-order valence-electron chi connectivity index (χ1n) is 4.72. The van der Waals surface area contributed by atoms with E-state index in [0.717, 1.165) is 6.42 Å². The zero-order valence-electron chi connectivity index (χ0n) is 8.82. The minimum absolute atomic E-state index is 0.154. The molecule has 0 heterocycles. The molecule has 0 rings (SSSR count). The summed E-state index contributed by atoms with van der Waals surface area (Å²) in [6.07, 6.45) is 2.33. The molecule has 0 aliphatic rings. The fourth-order valence-corrected chi connectivity index (χ4v) is 1.04. The molecule has 15 heavy (non-hydrogen) atoms. The van der Waals surface area contributed by atoms with Gasteiger partial charge in [-0.05, 0) is 6.42 Å². The number of nitrogens with one attached hydrogen (secondary N) is 1. The van der Waals surface area contributed by atoms with E-state index in [1.54, 1.807) is 12.1 Å². The molecule has 0 fully saturated rings. The van der Waals surface area contributed by atoms with E-state index < -0.39 is 11.8 Å². The van der Waals surface area contributed by atoms with Crippen LogP contribution < -0.4 is 5.32 Å². The van der Waals surface area contributed by atoms with Gasteiger partial charge in [0.05, 0.1) is 6.07 Å². The van der Waals surface area contributed by atoms with Gasteiger partial charge in [0.2, 0.25) is 0 Å². The number of carbonyl (C=O) groups excluding carboxylic acids is 2. The third-order valence-corrected chi connectivity index (χ3v) is 1.65. The molecule has 0 radical (unpaired) electrons. The summed E-state index contributed by atoms with van der Waals surface area (Å²) in [5.41, 5.74) is 0. The maximum absolute atomic E-state index is 11.5. The van der Waals surface area contributed by atoms with Gasteiger partial charge < -0.3 is 10.2 Å². The van der Waals surface area contributed by atoms with Crippen LogP contribution in [0.2, 0.25) is 0 Å². The first kappa shape index (κ1) is 13.2. The van der Waals surface area contributed by atoms with E-state index in [1.807, 2.05) is 6.92 Å². The Balaban J connectivity index is 4.29. The van der Waals surface area contributed by atoms with Crippen molar-refractivity contribution < 1.29 is 9.59 Å². The maximum Gasteiger partial charge on any atom is 0.312 e. The van der Waals surface area contributed by atoms with E-state index >= 15 is 0 Å². The van der Waals surface area contributed by atoms with Gasteiger partial charge in [0, 0.05) is 13.1 Å². The summed E-state index contributed by atoms with van der Waals surface area (Å²) in [6.45, 7) is 6.11. The van der Waals surface area contributed by atoms with Gasteiger partial charge in [0.15, 0.2) is 0 Å². The first-order chi connectivity index (χ1) is 7.17. The lowest BCUT2D eigenvalue weighted by Crippen LogP contribution is -2.43. The average molecular weight is 209 g/mol. The van der Waals surface area contributed by atoms with Crippen LogP contribution >= 0.6 is 0 Å². The number of rotatable bonds is 5. The Labute approximate surface area is 89.4 Å². The predicted octanol–water partition coefficient (Wildman–Crippen LogP) is 0.0508. The molecule has 0 spiro atoms. The number of nitrogens with zero attached hydrogens (tertiary/aromatic N) is 2. The standard InChI is InChI=1S/C10H15N3O2/c1-3-7-13(8-4-2)10(15)9(14)12-6-5-11/h3H,1,4,6-8H2,2H3,(H,12,14). The van der Waals surface area contributed by atoms with Crippen molar-refractivity contribution in [3.63, 3.8) is 0 Å². The van der Waals surface area contributed by atoms with Gasteiger partial charge in [-0.2, -0.15) is 5.26 Å². The summed E-state index contributed by atoms with van der Waals surface area (Å²) in [5, 5.41) is 10.4. The molecule has 0 aliphatic heterocycles. The Kier molecular flexibility index (Phi) is 6.64. The van der Waals surface area contributed by atoms with Crippen LogP contribution in [0, 0.1) is 11.3 Å². The Morgan fingerprint density at radius 2 is 2.27 bits per heavy atom. The maximum atomic E-state index is 11.5. The molecular formula is C10H15N3O2. The monoisotopic (exact) mass is 209 g/mol. The Morgan fingerprint density at radius 1 is 1.60 bits per heavy atom. The minimum atomic E-state index is -0.744. The Hall–Kier alpha value is -1.83. The fourth-order valence-electron chi connectivity index (χ4n) is 1.04.